The number of methoxy groups -OCH3 is 2. The van der Waals surface area contributed by atoms with Gasteiger partial charge in [0, 0.05) is 44.5 Å². The maximum atomic E-state index is 12.8. The Hall–Kier alpha value is -3.29. The van der Waals surface area contributed by atoms with E-state index in [1.807, 2.05) is 22.9 Å². The van der Waals surface area contributed by atoms with Crippen molar-refractivity contribution in [3.63, 3.8) is 0 Å². The Bertz CT molecular complexity index is 966. The van der Waals surface area contributed by atoms with Crippen LogP contribution in [0.25, 0.3) is 6.08 Å². The number of aromatic nitrogens is 2. The van der Waals surface area contributed by atoms with E-state index in [1.165, 1.54) is 0 Å². The number of aryl methyl sites for hydroxylation is 2. The molecule has 2 aromatic rings. The van der Waals surface area contributed by atoms with Gasteiger partial charge in [0.25, 0.3) is 5.91 Å². The van der Waals surface area contributed by atoms with E-state index in [2.05, 4.69) is 5.10 Å². The summed E-state index contributed by atoms with van der Waals surface area (Å²) in [7, 11) is 3.17. The first-order valence-electron chi connectivity index (χ1n) is 10.6. The van der Waals surface area contributed by atoms with Crippen LogP contribution in [0.4, 0.5) is 0 Å². The number of hydrogen-bond acceptors (Lipinski definition) is 5. The normalized spacial score (nSPS) is 16.3. The smallest absolute Gasteiger partial charge is 0.274 e. The summed E-state index contributed by atoms with van der Waals surface area (Å²) in [6.07, 6.45) is 6.56. The lowest BCUT2D eigenvalue weighted by Crippen LogP contribution is -2.50. The third-order valence-electron chi connectivity index (χ3n) is 5.84. The predicted octanol–water partition coefficient (Wildman–Crippen LogP) is 2.23. The number of fused-ring (bicyclic) bond motifs is 1. The Labute approximate surface area is 182 Å². The van der Waals surface area contributed by atoms with Gasteiger partial charge in [0.2, 0.25) is 5.91 Å². The lowest BCUT2D eigenvalue weighted by Gasteiger charge is -2.33. The second-order valence-corrected chi connectivity index (χ2v) is 7.77. The molecular weight excluding hydrogens is 396 g/mol. The summed E-state index contributed by atoms with van der Waals surface area (Å²) in [5.74, 6) is 1.14. The van der Waals surface area contributed by atoms with Gasteiger partial charge in [-0.1, -0.05) is 6.07 Å². The highest BCUT2D eigenvalue weighted by Crippen LogP contribution is 2.28. The van der Waals surface area contributed by atoms with E-state index in [9.17, 15) is 9.59 Å². The van der Waals surface area contributed by atoms with Crippen molar-refractivity contribution < 1.29 is 19.1 Å². The summed E-state index contributed by atoms with van der Waals surface area (Å²) in [6.45, 7) is 2.92. The van der Waals surface area contributed by atoms with E-state index in [0.29, 0.717) is 43.4 Å². The molecule has 0 N–H and O–H groups in total. The SMILES string of the molecule is COc1ccc(/C=C/C(=O)N2CCN(C(=O)c3cc4n(n3)CCCC4)CC2)cc1OC. The van der Waals surface area contributed by atoms with Crippen molar-refractivity contribution in [1.29, 1.82) is 0 Å². The van der Waals surface area contributed by atoms with Crippen molar-refractivity contribution in [1.82, 2.24) is 19.6 Å². The molecule has 4 rings (SSSR count). The van der Waals surface area contributed by atoms with Crippen LogP contribution >= 0.6 is 0 Å². The molecule has 0 saturated carbocycles. The third-order valence-corrected chi connectivity index (χ3v) is 5.84. The van der Waals surface area contributed by atoms with Crippen LogP contribution in [0.5, 0.6) is 11.5 Å². The summed E-state index contributed by atoms with van der Waals surface area (Å²) in [5.41, 5.74) is 2.51. The average molecular weight is 425 g/mol. The van der Waals surface area contributed by atoms with Crippen molar-refractivity contribution in [2.45, 2.75) is 25.8 Å². The minimum absolute atomic E-state index is 0.0464. The average Bonchev–Trinajstić information content (AvgIpc) is 3.26. The summed E-state index contributed by atoms with van der Waals surface area (Å²) in [4.78, 5) is 29.0. The van der Waals surface area contributed by atoms with Crippen molar-refractivity contribution in [3.05, 3.63) is 47.3 Å². The second kappa shape index (κ2) is 9.24. The highest BCUT2D eigenvalue weighted by atomic mass is 16.5. The monoisotopic (exact) mass is 424 g/mol. The lowest BCUT2D eigenvalue weighted by molar-refractivity contribution is -0.127. The molecule has 1 aromatic carbocycles. The number of nitrogens with zero attached hydrogens (tertiary/aromatic N) is 4. The zero-order chi connectivity index (χ0) is 21.8. The number of carbonyl (C=O) groups excluding carboxylic acids is 2. The topological polar surface area (TPSA) is 76.9 Å². The molecule has 0 atom stereocenters. The fraction of sp³-hybridized carbons (Fsp3) is 0.435. The van der Waals surface area contributed by atoms with Crippen molar-refractivity contribution in [2.75, 3.05) is 40.4 Å². The lowest BCUT2D eigenvalue weighted by atomic mass is 10.1. The molecule has 164 valence electrons. The van der Waals surface area contributed by atoms with E-state index in [1.54, 1.807) is 42.2 Å². The van der Waals surface area contributed by atoms with Gasteiger partial charge in [0.1, 0.15) is 0 Å². The van der Waals surface area contributed by atoms with Gasteiger partial charge < -0.3 is 19.3 Å². The van der Waals surface area contributed by atoms with Crippen molar-refractivity contribution in [3.8, 4) is 11.5 Å². The Morgan fingerprint density at radius 2 is 1.68 bits per heavy atom. The van der Waals surface area contributed by atoms with E-state index >= 15 is 0 Å². The summed E-state index contributed by atoms with van der Waals surface area (Å²) < 4.78 is 12.5. The molecule has 1 fully saturated rings. The van der Waals surface area contributed by atoms with Crippen LogP contribution in [0.1, 0.15) is 34.6 Å². The molecule has 31 heavy (non-hydrogen) atoms. The first-order valence-corrected chi connectivity index (χ1v) is 10.6. The standard InChI is InChI=1S/C23H28N4O4/c1-30-20-8-6-17(15-21(20)31-2)7-9-22(28)25-11-13-26(14-12-25)23(29)19-16-18-5-3-4-10-27(18)24-19/h6-9,15-16H,3-5,10-14H2,1-2H3/b9-7+. The summed E-state index contributed by atoms with van der Waals surface area (Å²) in [6, 6.07) is 7.42. The quantitative estimate of drug-likeness (QED) is 0.688. The van der Waals surface area contributed by atoms with E-state index in [4.69, 9.17) is 9.47 Å². The first-order chi connectivity index (χ1) is 15.1. The molecule has 0 spiro atoms. The van der Waals surface area contributed by atoms with E-state index < -0.39 is 0 Å². The highest BCUT2D eigenvalue weighted by Gasteiger charge is 2.26. The Morgan fingerprint density at radius 1 is 0.935 bits per heavy atom. The third kappa shape index (κ3) is 4.57. The molecule has 1 aromatic heterocycles. The van der Waals surface area contributed by atoms with Gasteiger partial charge in [-0.3, -0.25) is 14.3 Å². The maximum Gasteiger partial charge on any atom is 0.274 e. The number of ether oxygens (including phenoxy) is 2. The molecule has 8 heteroatoms. The van der Waals surface area contributed by atoms with Crippen LogP contribution in [0.2, 0.25) is 0 Å². The summed E-state index contributed by atoms with van der Waals surface area (Å²) in [5, 5.41) is 4.48. The number of amides is 2. The fourth-order valence-corrected chi connectivity index (χ4v) is 4.04. The molecule has 3 heterocycles. The maximum absolute atomic E-state index is 12.8. The summed E-state index contributed by atoms with van der Waals surface area (Å²) >= 11 is 0. The van der Waals surface area contributed by atoms with Gasteiger partial charge in [-0.25, -0.2) is 0 Å². The molecule has 0 radical (unpaired) electrons. The van der Waals surface area contributed by atoms with Gasteiger partial charge >= 0.3 is 0 Å². The molecular formula is C23H28N4O4. The number of piperazine rings is 1. The first kappa shape index (κ1) is 21.0. The number of benzene rings is 1. The number of rotatable bonds is 5. The Balaban J connectivity index is 1.33. The minimum Gasteiger partial charge on any atom is -0.493 e. The predicted molar refractivity (Wildman–Crippen MR) is 116 cm³/mol. The molecule has 2 amide bonds. The van der Waals surface area contributed by atoms with Gasteiger partial charge in [-0.15, -0.1) is 0 Å². The number of carbonyl (C=O) groups is 2. The van der Waals surface area contributed by atoms with Crippen LogP contribution in [-0.4, -0.2) is 71.8 Å². The van der Waals surface area contributed by atoms with Crippen molar-refractivity contribution >= 4 is 17.9 Å². The Morgan fingerprint density at radius 3 is 2.39 bits per heavy atom. The number of hydrogen-bond donors (Lipinski definition) is 0. The molecule has 2 aliphatic rings. The van der Waals surface area contributed by atoms with Crippen LogP contribution in [-0.2, 0) is 17.8 Å². The van der Waals surface area contributed by atoms with Crippen LogP contribution in [0.15, 0.2) is 30.3 Å². The van der Waals surface area contributed by atoms with Gasteiger partial charge in [-0.2, -0.15) is 5.10 Å². The minimum atomic E-state index is -0.0701. The van der Waals surface area contributed by atoms with Gasteiger partial charge in [0.15, 0.2) is 17.2 Å². The fourth-order valence-electron chi connectivity index (χ4n) is 4.04. The van der Waals surface area contributed by atoms with Crippen LogP contribution < -0.4 is 9.47 Å². The van der Waals surface area contributed by atoms with E-state index in [-0.39, 0.29) is 11.8 Å². The second-order valence-electron chi connectivity index (χ2n) is 7.77. The highest BCUT2D eigenvalue weighted by molar-refractivity contribution is 5.94. The molecule has 0 aliphatic carbocycles. The molecule has 0 unspecified atom stereocenters. The molecule has 0 bridgehead atoms. The van der Waals surface area contributed by atoms with Crippen molar-refractivity contribution in [2.24, 2.45) is 0 Å². The van der Waals surface area contributed by atoms with E-state index in [0.717, 1.165) is 37.1 Å². The molecule has 1 saturated heterocycles. The Kier molecular flexibility index (Phi) is 6.25. The van der Waals surface area contributed by atoms with Crippen LogP contribution in [0, 0.1) is 0 Å². The zero-order valence-corrected chi connectivity index (χ0v) is 18.0. The van der Waals surface area contributed by atoms with Gasteiger partial charge in [0.05, 0.1) is 14.2 Å². The molecule has 8 nitrogen and oxygen atoms in total. The van der Waals surface area contributed by atoms with Gasteiger partial charge in [-0.05, 0) is 49.1 Å². The molecule has 2 aliphatic heterocycles. The zero-order valence-electron chi connectivity index (χ0n) is 18.0. The van der Waals surface area contributed by atoms with Crippen LogP contribution in [0.3, 0.4) is 0 Å². The largest absolute Gasteiger partial charge is 0.493 e.